The van der Waals surface area contributed by atoms with E-state index in [-0.39, 0.29) is 12.0 Å². The van der Waals surface area contributed by atoms with Gasteiger partial charge >= 0.3 is 5.97 Å². The number of ether oxygens (including phenoxy) is 1. The van der Waals surface area contributed by atoms with Gasteiger partial charge in [0.05, 0.1) is 7.11 Å². The zero-order valence-corrected chi connectivity index (χ0v) is 10.7. The average molecular weight is 257 g/mol. The van der Waals surface area contributed by atoms with Crippen LogP contribution in [0.5, 0.6) is 0 Å². The Bertz CT molecular complexity index is 543. The normalized spacial score (nSPS) is 11.8. The highest BCUT2D eigenvalue weighted by Gasteiger charge is 2.20. The summed E-state index contributed by atoms with van der Waals surface area (Å²) in [5.41, 5.74) is 1.61. The molecule has 1 atom stereocenters. The quantitative estimate of drug-likeness (QED) is 0.609. The van der Waals surface area contributed by atoms with Gasteiger partial charge in [0.2, 0.25) is 0 Å². The van der Waals surface area contributed by atoms with Gasteiger partial charge in [0.15, 0.2) is 0 Å². The van der Waals surface area contributed by atoms with Crippen LogP contribution in [0.2, 0.25) is 0 Å². The first-order chi connectivity index (χ1) is 9.24. The van der Waals surface area contributed by atoms with Gasteiger partial charge in [-0.25, -0.2) is 4.79 Å². The van der Waals surface area contributed by atoms with Crippen LogP contribution in [-0.4, -0.2) is 23.9 Å². The van der Waals surface area contributed by atoms with Gasteiger partial charge in [0.25, 0.3) is 0 Å². The summed E-state index contributed by atoms with van der Waals surface area (Å²) >= 11 is 0. The summed E-state index contributed by atoms with van der Waals surface area (Å²) in [5.74, 6) is -0.282. The Kier molecular flexibility index (Phi) is 4.13. The molecule has 4 heteroatoms. The van der Waals surface area contributed by atoms with Crippen molar-refractivity contribution in [2.45, 2.75) is 12.5 Å². The smallest absolute Gasteiger partial charge is 0.329 e. The van der Waals surface area contributed by atoms with Crippen molar-refractivity contribution >= 4 is 12.3 Å². The molecule has 0 aliphatic carbocycles. The number of aromatic nitrogens is 1. The van der Waals surface area contributed by atoms with Crippen LogP contribution in [0, 0.1) is 0 Å². The number of hydrogen-bond acceptors (Lipinski definition) is 3. The lowest BCUT2D eigenvalue weighted by atomic mass is 10.0. The number of esters is 1. The predicted octanol–water partition coefficient (Wildman–Crippen LogP) is 2.26. The van der Waals surface area contributed by atoms with Crippen molar-refractivity contribution in [2.24, 2.45) is 0 Å². The minimum absolute atomic E-state index is 0.282. The van der Waals surface area contributed by atoms with Crippen LogP contribution in [0.3, 0.4) is 0 Å². The van der Waals surface area contributed by atoms with Gasteiger partial charge in [-0.15, -0.1) is 0 Å². The number of aldehydes is 1. The highest BCUT2D eigenvalue weighted by Crippen LogP contribution is 2.16. The molecular formula is C15H15NO3. The van der Waals surface area contributed by atoms with E-state index in [1.807, 2.05) is 41.2 Å². The summed E-state index contributed by atoms with van der Waals surface area (Å²) in [6.45, 7) is 0. The fourth-order valence-corrected chi connectivity index (χ4v) is 1.96. The van der Waals surface area contributed by atoms with E-state index in [0.29, 0.717) is 12.0 Å². The number of benzene rings is 1. The van der Waals surface area contributed by atoms with Crippen molar-refractivity contribution in [1.29, 1.82) is 0 Å². The number of nitrogens with zero attached hydrogens (tertiary/aromatic N) is 1. The highest BCUT2D eigenvalue weighted by molar-refractivity contribution is 5.75. The van der Waals surface area contributed by atoms with E-state index in [1.165, 1.54) is 7.11 Å². The molecule has 0 amide bonds. The first kappa shape index (κ1) is 13.1. The van der Waals surface area contributed by atoms with Gasteiger partial charge in [0, 0.05) is 24.4 Å². The van der Waals surface area contributed by atoms with E-state index >= 15 is 0 Å². The Hall–Kier alpha value is -2.36. The maximum Gasteiger partial charge on any atom is 0.329 e. The number of methoxy groups -OCH3 is 1. The molecule has 0 aliphatic rings. The van der Waals surface area contributed by atoms with Crippen molar-refractivity contribution in [3.63, 3.8) is 0 Å². The van der Waals surface area contributed by atoms with Gasteiger partial charge in [-0.1, -0.05) is 24.3 Å². The summed E-state index contributed by atoms with van der Waals surface area (Å²) in [7, 11) is 1.38. The molecule has 2 rings (SSSR count). The number of carbonyl (C=O) groups excluding carboxylic acids is 2. The first-order valence-electron chi connectivity index (χ1n) is 5.99. The molecule has 0 aliphatic heterocycles. The van der Waals surface area contributed by atoms with Crippen molar-refractivity contribution in [2.75, 3.05) is 7.11 Å². The molecule has 98 valence electrons. The minimum Gasteiger partial charge on any atom is -0.467 e. The standard InChI is InChI=1S/C15H15NO3/c1-19-15(18)14(16-8-2-3-9-16)10-12-4-6-13(11-17)7-5-12/h2-9,11,14H,10H2,1H3. The van der Waals surface area contributed by atoms with Gasteiger partial charge < -0.3 is 9.30 Å². The fourth-order valence-electron chi connectivity index (χ4n) is 1.96. The molecule has 0 spiro atoms. The minimum atomic E-state index is -0.387. The zero-order chi connectivity index (χ0) is 13.7. The molecule has 0 fully saturated rings. The lowest BCUT2D eigenvalue weighted by molar-refractivity contribution is -0.144. The molecule has 0 bridgehead atoms. The largest absolute Gasteiger partial charge is 0.467 e. The van der Waals surface area contributed by atoms with Gasteiger partial charge in [-0.3, -0.25) is 4.79 Å². The molecule has 1 aromatic heterocycles. The van der Waals surface area contributed by atoms with E-state index in [1.54, 1.807) is 12.1 Å². The van der Waals surface area contributed by atoms with Crippen molar-refractivity contribution in [1.82, 2.24) is 4.57 Å². The van der Waals surface area contributed by atoms with E-state index in [9.17, 15) is 9.59 Å². The number of hydrogen-bond donors (Lipinski definition) is 0. The second kappa shape index (κ2) is 6.00. The second-order valence-electron chi connectivity index (χ2n) is 4.23. The summed E-state index contributed by atoms with van der Waals surface area (Å²) in [4.78, 5) is 22.4. The van der Waals surface area contributed by atoms with E-state index < -0.39 is 0 Å². The van der Waals surface area contributed by atoms with E-state index in [2.05, 4.69) is 0 Å². The van der Waals surface area contributed by atoms with Crippen LogP contribution >= 0.6 is 0 Å². The molecule has 1 heterocycles. The van der Waals surface area contributed by atoms with Crippen LogP contribution in [-0.2, 0) is 16.0 Å². The van der Waals surface area contributed by atoms with Crippen molar-refractivity contribution in [3.8, 4) is 0 Å². The van der Waals surface area contributed by atoms with E-state index in [4.69, 9.17) is 4.74 Å². The molecular weight excluding hydrogens is 242 g/mol. The van der Waals surface area contributed by atoms with Crippen LogP contribution in [0.25, 0.3) is 0 Å². The molecule has 0 saturated heterocycles. The third-order valence-corrected chi connectivity index (χ3v) is 3.01. The Morgan fingerprint density at radius 1 is 1.26 bits per heavy atom. The second-order valence-corrected chi connectivity index (χ2v) is 4.23. The van der Waals surface area contributed by atoms with Crippen molar-refractivity contribution in [3.05, 3.63) is 59.9 Å². The fraction of sp³-hybridized carbons (Fsp3) is 0.200. The molecule has 19 heavy (non-hydrogen) atoms. The third-order valence-electron chi connectivity index (χ3n) is 3.01. The molecule has 1 aromatic carbocycles. The lowest BCUT2D eigenvalue weighted by Gasteiger charge is -2.16. The van der Waals surface area contributed by atoms with Crippen LogP contribution in [0.4, 0.5) is 0 Å². The van der Waals surface area contributed by atoms with Crippen molar-refractivity contribution < 1.29 is 14.3 Å². The van der Waals surface area contributed by atoms with Crippen LogP contribution in [0.15, 0.2) is 48.8 Å². The predicted molar refractivity (Wildman–Crippen MR) is 71.0 cm³/mol. The summed E-state index contributed by atoms with van der Waals surface area (Å²) in [6.07, 6.45) is 5.00. The van der Waals surface area contributed by atoms with Gasteiger partial charge in [-0.2, -0.15) is 0 Å². The topological polar surface area (TPSA) is 48.3 Å². The monoisotopic (exact) mass is 257 g/mol. The molecule has 2 aromatic rings. The summed E-state index contributed by atoms with van der Waals surface area (Å²) in [6, 6.07) is 10.5. The molecule has 1 unspecified atom stereocenters. The summed E-state index contributed by atoms with van der Waals surface area (Å²) < 4.78 is 6.66. The first-order valence-corrected chi connectivity index (χ1v) is 5.99. The molecule has 0 saturated carbocycles. The SMILES string of the molecule is COC(=O)C(Cc1ccc(C=O)cc1)n1cccc1. The Labute approximate surface area is 111 Å². The van der Waals surface area contributed by atoms with Gasteiger partial charge in [-0.05, 0) is 17.7 Å². The third kappa shape index (κ3) is 3.10. The summed E-state index contributed by atoms with van der Waals surface area (Å²) in [5, 5.41) is 0. The zero-order valence-electron chi connectivity index (χ0n) is 10.7. The maximum absolute atomic E-state index is 11.8. The van der Waals surface area contributed by atoms with Crippen LogP contribution in [0.1, 0.15) is 22.0 Å². The molecule has 0 N–H and O–H groups in total. The molecule has 0 radical (unpaired) electrons. The Balaban J connectivity index is 2.20. The van der Waals surface area contributed by atoms with Crippen LogP contribution < -0.4 is 0 Å². The highest BCUT2D eigenvalue weighted by atomic mass is 16.5. The lowest BCUT2D eigenvalue weighted by Crippen LogP contribution is -2.22. The number of carbonyl (C=O) groups is 2. The average Bonchev–Trinajstić information content (AvgIpc) is 2.98. The van der Waals surface area contributed by atoms with E-state index in [0.717, 1.165) is 11.8 Å². The maximum atomic E-state index is 11.8. The Morgan fingerprint density at radius 2 is 1.89 bits per heavy atom. The molecule has 4 nitrogen and oxygen atoms in total. The Morgan fingerprint density at radius 3 is 2.42 bits per heavy atom. The van der Waals surface area contributed by atoms with Gasteiger partial charge in [0.1, 0.15) is 12.3 Å². The number of rotatable bonds is 5.